The number of rotatable bonds is 8. The molecule has 1 aromatic carbocycles. The van der Waals surface area contributed by atoms with Crippen molar-refractivity contribution < 1.29 is 28.5 Å². The van der Waals surface area contributed by atoms with Crippen LogP contribution in [0.4, 0.5) is 4.79 Å². The molecular weight excluding hydrogens is 422 g/mol. The molecule has 1 aromatic rings. The Morgan fingerprint density at radius 2 is 1.90 bits per heavy atom. The normalized spacial score (nSPS) is 17.0. The van der Waals surface area contributed by atoms with Crippen LogP contribution in [0.2, 0.25) is 5.02 Å². The first kappa shape index (κ1) is 25.4. The Balaban J connectivity index is 2.39. The number of carbonyl (C=O) groups is 2. The first-order valence-electron chi connectivity index (χ1n) is 10.6. The van der Waals surface area contributed by atoms with Gasteiger partial charge in [0.25, 0.3) is 0 Å². The fourth-order valence-corrected chi connectivity index (χ4v) is 4.01. The Hall–Kier alpha value is -1.83. The summed E-state index contributed by atoms with van der Waals surface area (Å²) in [5.74, 6) is -0.414. The van der Waals surface area contributed by atoms with E-state index in [0.717, 1.165) is 18.4 Å². The van der Waals surface area contributed by atoms with Gasteiger partial charge in [0.2, 0.25) is 0 Å². The zero-order valence-electron chi connectivity index (χ0n) is 19.1. The van der Waals surface area contributed by atoms with Crippen LogP contribution in [0.25, 0.3) is 0 Å². The average Bonchev–Trinajstić information content (AvgIpc) is 2.66. The second-order valence-electron chi connectivity index (χ2n) is 8.81. The van der Waals surface area contributed by atoms with E-state index in [9.17, 15) is 9.59 Å². The maximum atomic E-state index is 12.5. The molecule has 0 spiro atoms. The minimum absolute atomic E-state index is 0.0345. The molecule has 1 amide bonds. The Morgan fingerprint density at radius 1 is 1.23 bits per heavy atom. The van der Waals surface area contributed by atoms with E-state index in [0.29, 0.717) is 30.4 Å². The summed E-state index contributed by atoms with van der Waals surface area (Å²) in [5.41, 5.74) is 0.804. The third-order valence-electron chi connectivity index (χ3n) is 5.17. The van der Waals surface area contributed by atoms with Gasteiger partial charge in [-0.15, -0.1) is 0 Å². The highest BCUT2D eigenvalue weighted by Gasteiger charge is 2.36. The second kappa shape index (κ2) is 11.2. The van der Waals surface area contributed by atoms with E-state index in [1.165, 1.54) is 0 Å². The second-order valence-corrected chi connectivity index (χ2v) is 9.24. The molecule has 7 nitrogen and oxygen atoms in total. The molecule has 1 saturated heterocycles. The highest BCUT2D eigenvalue weighted by Crippen LogP contribution is 2.38. The molecule has 174 valence electrons. The minimum Gasteiger partial charge on any atom is -0.466 e. The first-order chi connectivity index (χ1) is 14.6. The van der Waals surface area contributed by atoms with Crippen LogP contribution in [0.3, 0.4) is 0 Å². The number of ether oxygens (including phenoxy) is 4. The van der Waals surface area contributed by atoms with Crippen LogP contribution in [-0.2, 0) is 29.2 Å². The molecule has 1 aliphatic heterocycles. The molecule has 0 aliphatic carbocycles. The third-order valence-corrected chi connectivity index (χ3v) is 5.39. The van der Waals surface area contributed by atoms with Crippen molar-refractivity contribution in [2.24, 2.45) is 0 Å². The highest BCUT2D eigenvalue weighted by molar-refractivity contribution is 6.30. The van der Waals surface area contributed by atoms with Crippen molar-refractivity contribution in [2.45, 2.75) is 64.0 Å². The van der Waals surface area contributed by atoms with Crippen molar-refractivity contribution in [3.8, 4) is 0 Å². The number of amides is 1. The molecule has 1 fully saturated rings. The lowest BCUT2D eigenvalue weighted by atomic mass is 9.74. The summed E-state index contributed by atoms with van der Waals surface area (Å²) in [6.07, 6.45) is 0.944. The van der Waals surface area contributed by atoms with Gasteiger partial charge in [-0.2, -0.15) is 0 Å². The molecular formula is C23H34ClNO6. The topological polar surface area (TPSA) is 83.1 Å². The fourth-order valence-electron chi connectivity index (χ4n) is 3.76. The molecule has 0 bridgehead atoms. The van der Waals surface area contributed by atoms with Gasteiger partial charge in [0.1, 0.15) is 5.60 Å². The quantitative estimate of drug-likeness (QED) is 0.579. The molecule has 0 aromatic heterocycles. The van der Waals surface area contributed by atoms with Crippen molar-refractivity contribution in [1.29, 1.82) is 0 Å². The average molecular weight is 456 g/mol. The van der Waals surface area contributed by atoms with Crippen LogP contribution in [0, 0.1) is 0 Å². The van der Waals surface area contributed by atoms with E-state index < -0.39 is 23.7 Å². The van der Waals surface area contributed by atoms with Crippen LogP contribution in [0.5, 0.6) is 0 Å². The lowest BCUT2D eigenvalue weighted by Crippen LogP contribution is -2.38. The molecule has 0 radical (unpaired) electrons. The Kier molecular flexibility index (Phi) is 9.15. The molecule has 31 heavy (non-hydrogen) atoms. The molecule has 1 N–H and O–H groups in total. The predicted molar refractivity (Wildman–Crippen MR) is 118 cm³/mol. The fraction of sp³-hybridized carbons (Fsp3) is 0.652. The summed E-state index contributed by atoms with van der Waals surface area (Å²) in [4.78, 5) is 24.7. The molecule has 1 atom stereocenters. The third kappa shape index (κ3) is 7.66. The van der Waals surface area contributed by atoms with Crippen LogP contribution in [0.1, 0.15) is 64.1 Å². The van der Waals surface area contributed by atoms with E-state index in [1.54, 1.807) is 40.9 Å². The van der Waals surface area contributed by atoms with E-state index in [2.05, 4.69) is 5.32 Å². The zero-order chi connectivity index (χ0) is 23.1. The molecule has 0 saturated carbocycles. The SMILES string of the molecule is CCOC(=O)C[C@@H](NC(=O)OC(C)(C)C)c1cc(Cl)cc(C2(COC)CCOCC2)c1. The largest absolute Gasteiger partial charge is 0.466 e. The summed E-state index contributed by atoms with van der Waals surface area (Å²) in [5, 5.41) is 3.33. The van der Waals surface area contributed by atoms with Crippen molar-refractivity contribution in [1.82, 2.24) is 5.32 Å². The number of carbonyl (C=O) groups excluding carboxylic acids is 2. The summed E-state index contributed by atoms with van der Waals surface area (Å²) in [7, 11) is 1.68. The van der Waals surface area contributed by atoms with E-state index in [4.69, 9.17) is 30.5 Å². The Bertz CT molecular complexity index is 749. The van der Waals surface area contributed by atoms with E-state index in [1.807, 2.05) is 12.1 Å². The van der Waals surface area contributed by atoms with Gasteiger partial charge in [-0.1, -0.05) is 17.7 Å². The van der Waals surface area contributed by atoms with Crippen molar-refractivity contribution in [3.05, 3.63) is 34.3 Å². The van der Waals surface area contributed by atoms with Crippen LogP contribution >= 0.6 is 11.6 Å². The first-order valence-corrected chi connectivity index (χ1v) is 11.0. The van der Waals surface area contributed by atoms with Crippen molar-refractivity contribution in [3.63, 3.8) is 0 Å². The summed E-state index contributed by atoms with van der Waals surface area (Å²) < 4.78 is 21.6. The van der Waals surface area contributed by atoms with Gasteiger partial charge in [0, 0.05) is 30.8 Å². The lowest BCUT2D eigenvalue weighted by Gasteiger charge is -2.37. The molecule has 0 unspecified atom stereocenters. The highest BCUT2D eigenvalue weighted by atomic mass is 35.5. The number of hydrogen-bond acceptors (Lipinski definition) is 6. The number of methoxy groups -OCH3 is 1. The van der Waals surface area contributed by atoms with Gasteiger partial charge >= 0.3 is 12.1 Å². The molecule has 8 heteroatoms. The van der Waals surface area contributed by atoms with Crippen molar-refractivity contribution >= 4 is 23.7 Å². The Morgan fingerprint density at radius 3 is 2.48 bits per heavy atom. The van der Waals surface area contributed by atoms with E-state index >= 15 is 0 Å². The maximum absolute atomic E-state index is 12.5. The monoisotopic (exact) mass is 455 g/mol. The van der Waals surface area contributed by atoms with Gasteiger partial charge in [0.15, 0.2) is 0 Å². The maximum Gasteiger partial charge on any atom is 0.408 e. The van der Waals surface area contributed by atoms with Crippen LogP contribution in [-0.4, -0.2) is 51.2 Å². The molecule has 1 heterocycles. The molecule has 2 rings (SSSR count). The van der Waals surface area contributed by atoms with Gasteiger partial charge in [-0.05, 0) is 63.8 Å². The smallest absolute Gasteiger partial charge is 0.408 e. The van der Waals surface area contributed by atoms with Gasteiger partial charge in [0.05, 0.1) is 25.7 Å². The summed E-state index contributed by atoms with van der Waals surface area (Å²) in [6, 6.07) is 5.01. The predicted octanol–water partition coefficient (Wildman–Crippen LogP) is 4.55. The number of halogens is 1. The van der Waals surface area contributed by atoms with Crippen LogP contribution < -0.4 is 5.32 Å². The number of esters is 1. The van der Waals surface area contributed by atoms with Crippen molar-refractivity contribution in [2.75, 3.05) is 33.5 Å². The van der Waals surface area contributed by atoms with Gasteiger partial charge in [-0.3, -0.25) is 4.79 Å². The van der Waals surface area contributed by atoms with Gasteiger partial charge < -0.3 is 24.3 Å². The summed E-state index contributed by atoms with van der Waals surface area (Å²) in [6.45, 7) is 9.14. The minimum atomic E-state index is -0.664. The van der Waals surface area contributed by atoms with Gasteiger partial charge in [-0.25, -0.2) is 4.79 Å². The Labute approximate surface area is 189 Å². The standard InChI is InChI=1S/C23H34ClNO6/c1-6-30-20(26)14-19(25-21(27)31-22(2,3)4)16-11-17(13-18(24)12-16)23(15-28-5)7-9-29-10-8-23/h11-13,19H,6-10,14-15H2,1-5H3,(H,25,27)/t19-/m1/s1. The summed E-state index contributed by atoms with van der Waals surface area (Å²) >= 11 is 6.48. The van der Waals surface area contributed by atoms with Crippen LogP contribution in [0.15, 0.2) is 18.2 Å². The van der Waals surface area contributed by atoms with E-state index in [-0.39, 0.29) is 18.4 Å². The molecule has 1 aliphatic rings. The zero-order valence-corrected chi connectivity index (χ0v) is 19.8. The number of alkyl carbamates (subject to hydrolysis) is 1. The lowest BCUT2D eigenvalue weighted by molar-refractivity contribution is -0.143. The number of hydrogen-bond donors (Lipinski definition) is 1. The number of benzene rings is 1. The number of nitrogens with one attached hydrogen (secondary N) is 1.